The third kappa shape index (κ3) is 5.99. The maximum Gasteiger partial charge on any atom is 0.337 e. The lowest BCUT2D eigenvalue weighted by Crippen LogP contribution is -2.54. The molecule has 254 valence electrons. The van der Waals surface area contributed by atoms with E-state index in [1.807, 2.05) is 59.0 Å². The number of nitrogens with zero attached hydrogens (tertiary/aromatic N) is 4. The van der Waals surface area contributed by atoms with E-state index in [4.69, 9.17) is 24.3 Å². The van der Waals surface area contributed by atoms with Gasteiger partial charge in [0, 0.05) is 66.3 Å². The van der Waals surface area contributed by atoms with E-state index >= 15 is 4.39 Å². The van der Waals surface area contributed by atoms with Crippen molar-refractivity contribution in [1.82, 2.24) is 19.7 Å². The first kappa shape index (κ1) is 32.7. The van der Waals surface area contributed by atoms with E-state index in [9.17, 15) is 9.90 Å². The van der Waals surface area contributed by atoms with E-state index in [1.54, 1.807) is 6.92 Å². The summed E-state index contributed by atoms with van der Waals surface area (Å²) in [6, 6.07) is 8.48. The number of hydrogen-bond acceptors (Lipinski definition) is 7. The Kier molecular flexibility index (Phi) is 8.54. The van der Waals surface area contributed by atoms with Crippen molar-refractivity contribution in [3.05, 3.63) is 64.2 Å². The number of ether oxygens (including phenoxy) is 3. The lowest BCUT2D eigenvalue weighted by Gasteiger charge is -2.45. The van der Waals surface area contributed by atoms with Gasteiger partial charge in [0.05, 0.1) is 29.5 Å². The molecule has 1 atom stereocenters. The minimum absolute atomic E-state index is 0.285. The molecule has 4 aromatic rings. The summed E-state index contributed by atoms with van der Waals surface area (Å²) in [6.45, 7) is 15.4. The molecule has 3 aliphatic rings. The standard InChI is InChI=1S/C38H45FN4O5/c1-21-16-32-29(17-27(21)31-9-12-43(41-31)25-19-42(20-25)24-10-14-46-15-11-24)34(28-18-30(39)35-26(22(28)2)8-7-13-47-35)33(23(3)40-32)36(37(44)45)48-38(4,5)6/h9,12,16-18,24-25,36H,7-8,10-11,13-15,19-20H2,1-6H3,(H,44,45). The van der Waals surface area contributed by atoms with E-state index in [1.165, 1.54) is 6.07 Å². The van der Waals surface area contributed by atoms with Crippen molar-refractivity contribution in [1.29, 1.82) is 0 Å². The fourth-order valence-corrected chi connectivity index (χ4v) is 7.63. The number of aliphatic carboxylic acids is 1. The molecule has 5 heterocycles. The molecule has 48 heavy (non-hydrogen) atoms. The summed E-state index contributed by atoms with van der Waals surface area (Å²) in [6.07, 6.45) is 4.34. The van der Waals surface area contributed by atoms with Crippen LogP contribution >= 0.6 is 0 Å². The number of likely N-dealkylation sites (tertiary alicyclic amines) is 1. The molecule has 0 bridgehead atoms. The van der Waals surface area contributed by atoms with Gasteiger partial charge in [-0.2, -0.15) is 5.10 Å². The molecule has 0 saturated carbocycles. The van der Waals surface area contributed by atoms with E-state index in [2.05, 4.69) is 9.58 Å². The first-order chi connectivity index (χ1) is 22.9. The van der Waals surface area contributed by atoms with Crippen LogP contribution in [0.25, 0.3) is 33.3 Å². The van der Waals surface area contributed by atoms with E-state index in [-0.39, 0.29) is 5.75 Å². The topological polar surface area (TPSA) is 98.9 Å². The average molecular weight is 657 g/mol. The second-order valence-corrected chi connectivity index (χ2v) is 14.5. The zero-order valence-electron chi connectivity index (χ0n) is 28.7. The third-order valence-corrected chi connectivity index (χ3v) is 10.1. The van der Waals surface area contributed by atoms with Crippen molar-refractivity contribution in [2.75, 3.05) is 32.9 Å². The predicted octanol–water partition coefficient (Wildman–Crippen LogP) is 7.13. The van der Waals surface area contributed by atoms with Crippen LogP contribution in [0.1, 0.15) is 80.1 Å². The van der Waals surface area contributed by atoms with Gasteiger partial charge in [0.2, 0.25) is 0 Å². The molecule has 2 aromatic heterocycles. The number of fused-ring (bicyclic) bond motifs is 2. The number of rotatable bonds is 7. The van der Waals surface area contributed by atoms with Crippen molar-refractivity contribution < 1.29 is 28.5 Å². The summed E-state index contributed by atoms with van der Waals surface area (Å²) < 4.78 is 35.4. The Morgan fingerprint density at radius 3 is 2.52 bits per heavy atom. The minimum Gasteiger partial charge on any atom is -0.490 e. The predicted molar refractivity (Wildman–Crippen MR) is 182 cm³/mol. The summed E-state index contributed by atoms with van der Waals surface area (Å²) >= 11 is 0. The van der Waals surface area contributed by atoms with Gasteiger partial charge in [-0.25, -0.2) is 9.18 Å². The molecule has 3 aliphatic heterocycles. The molecule has 9 nitrogen and oxygen atoms in total. The van der Waals surface area contributed by atoms with Gasteiger partial charge in [-0.3, -0.25) is 14.6 Å². The molecule has 0 amide bonds. The molecule has 2 aromatic carbocycles. The van der Waals surface area contributed by atoms with Crippen LogP contribution < -0.4 is 4.74 Å². The van der Waals surface area contributed by atoms with Gasteiger partial charge in [-0.1, -0.05) is 0 Å². The number of carboxylic acids is 1. The van der Waals surface area contributed by atoms with Crippen molar-refractivity contribution in [2.45, 2.75) is 91.0 Å². The Hall–Kier alpha value is -3.86. The second kappa shape index (κ2) is 12.5. The van der Waals surface area contributed by atoms with Gasteiger partial charge in [-0.05, 0) is 114 Å². The highest BCUT2D eigenvalue weighted by atomic mass is 19.1. The minimum atomic E-state index is -1.33. The quantitative estimate of drug-likeness (QED) is 0.224. The molecule has 7 rings (SSSR count). The van der Waals surface area contributed by atoms with Crippen molar-refractivity contribution >= 4 is 16.9 Å². The third-order valence-electron chi connectivity index (χ3n) is 10.1. The van der Waals surface area contributed by atoms with Crippen LogP contribution in [0.15, 0.2) is 30.5 Å². The van der Waals surface area contributed by atoms with E-state index in [0.29, 0.717) is 53.0 Å². The molecule has 10 heteroatoms. The maximum atomic E-state index is 15.8. The maximum absolute atomic E-state index is 15.8. The highest BCUT2D eigenvalue weighted by molar-refractivity contribution is 6.02. The van der Waals surface area contributed by atoms with Crippen LogP contribution in [0.4, 0.5) is 4.39 Å². The van der Waals surface area contributed by atoms with Gasteiger partial charge in [-0.15, -0.1) is 0 Å². The summed E-state index contributed by atoms with van der Waals surface area (Å²) in [5.74, 6) is -1.30. The molecule has 0 aliphatic carbocycles. The SMILES string of the molecule is Cc1cc2nc(C)c(C(OC(C)(C)C)C(=O)O)c(-c3cc(F)c4c(c3C)CCCO4)c2cc1-c1ccn(C2CN(C3CCOCC3)C2)n1. The normalized spacial score (nSPS) is 18.4. The van der Waals surface area contributed by atoms with Crippen LogP contribution in [0.5, 0.6) is 5.75 Å². The number of hydrogen-bond donors (Lipinski definition) is 1. The van der Waals surface area contributed by atoms with Crippen molar-refractivity contribution in [3.63, 3.8) is 0 Å². The fourth-order valence-electron chi connectivity index (χ4n) is 7.63. The highest BCUT2D eigenvalue weighted by Crippen LogP contribution is 2.45. The van der Waals surface area contributed by atoms with Crippen molar-refractivity contribution in [2.24, 2.45) is 0 Å². The number of halogens is 1. The Labute approximate surface area is 281 Å². The molecule has 0 radical (unpaired) electrons. The fraction of sp³-hybridized carbons (Fsp3) is 0.500. The number of aromatic nitrogens is 3. The van der Waals surface area contributed by atoms with E-state index < -0.39 is 23.5 Å². The lowest BCUT2D eigenvalue weighted by molar-refractivity contribution is -0.160. The number of benzene rings is 2. The summed E-state index contributed by atoms with van der Waals surface area (Å²) in [5.41, 5.74) is 6.55. The molecule has 1 N–H and O–H groups in total. The van der Waals surface area contributed by atoms with Crippen LogP contribution in [0.2, 0.25) is 0 Å². The zero-order chi connectivity index (χ0) is 33.9. The number of carboxylic acid groups (broad SMARTS) is 1. The molecule has 1 unspecified atom stereocenters. The Bertz CT molecular complexity index is 1880. The van der Waals surface area contributed by atoms with Crippen LogP contribution in [0.3, 0.4) is 0 Å². The van der Waals surface area contributed by atoms with Gasteiger partial charge in [0.1, 0.15) is 0 Å². The van der Waals surface area contributed by atoms with Gasteiger partial charge < -0.3 is 19.3 Å². The smallest absolute Gasteiger partial charge is 0.337 e. The number of pyridine rings is 1. The summed E-state index contributed by atoms with van der Waals surface area (Å²) in [7, 11) is 0. The van der Waals surface area contributed by atoms with Crippen LogP contribution in [0, 0.1) is 26.6 Å². The molecular formula is C38H45FN4O5. The van der Waals surface area contributed by atoms with Gasteiger partial charge >= 0.3 is 5.97 Å². The van der Waals surface area contributed by atoms with Crippen LogP contribution in [-0.4, -0.2) is 75.3 Å². The monoisotopic (exact) mass is 656 g/mol. The van der Waals surface area contributed by atoms with Crippen molar-refractivity contribution in [3.8, 4) is 28.1 Å². The number of carbonyl (C=O) groups is 1. The zero-order valence-corrected chi connectivity index (χ0v) is 28.7. The summed E-state index contributed by atoms with van der Waals surface area (Å²) in [4.78, 5) is 20.4. The molecule has 2 fully saturated rings. The Morgan fingerprint density at radius 2 is 1.81 bits per heavy atom. The molecule has 0 spiro atoms. The Morgan fingerprint density at radius 1 is 1.06 bits per heavy atom. The van der Waals surface area contributed by atoms with Gasteiger partial charge in [0.15, 0.2) is 17.7 Å². The number of aryl methyl sites for hydroxylation is 2. The first-order valence-electron chi connectivity index (χ1n) is 17.1. The first-order valence-corrected chi connectivity index (χ1v) is 17.1. The average Bonchev–Trinajstić information content (AvgIpc) is 3.50. The second-order valence-electron chi connectivity index (χ2n) is 14.5. The lowest BCUT2D eigenvalue weighted by atomic mass is 9.85. The Balaban J connectivity index is 1.37. The largest absolute Gasteiger partial charge is 0.490 e. The summed E-state index contributed by atoms with van der Waals surface area (Å²) in [5, 5.41) is 16.3. The van der Waals surface area contributed by atoms with Crippen LogP contribution in [-0.2, 0) is 20.7 Å². The molecular weight excluding hydrogens is 611 g/mol. The highest BCUT2D eigenvalue weighted by Gasteiger charge is 2.36. The molecule has 2 saturated heterocycles. The van der Waals surface area contributed by atoms with Gasteiger partial charge in [0.25, 0.3) is 0 Å². The van der Waals surface area contributed by atoms with E-state index in [0.717, 1.165) is 78.9 Å².